The number of methoxy groups -OCH3 is 1. The summed E-state index contributed by atoms with van der Waals surface area (Å²) in [6.45, 7) is 0.462. The van der Waals surface area contributed by atoms with Gasteiger partial charge in [-0.15, -0.1) is 0 Å². The number of para-hydroxylation sites is 1. The first kappa shape index (κ1) is 23.1. The summed E-state index contributed by atoms with van der Waals surface area (Å²) in [5, 5.41) is 9.39. The molecule has 2 aromatic carbocycles. The molecule has 1 fully saturated rings. The van der Waals surface area contributed by atoms with Gasteiger partial charge in [0, 0.05) is 36.3 Å². The van der Waals surface area contributed by atoms with Gasteiger partial charge in [0.05, 0.1) is 13.0 Å². The Hall–Kier alpha value is -3.56. The summed E-state index contributed by atoms with van der Waals surface area (Å²) in [6, 6.07) is 12.0. The van der Waals surface area contributed by atoms with Gasteiger partial charge in [0.2, 0.25) is 5.91 Å². The molecule has 0 radical (unpaired) electrons. The minimum atomic E-state index is -4.98. The van der Waals surface area contributed by atoms with E-state index >= 15 is 0 Å². The predicted octanol–water partition coefficient (Wildman–Crippen LogP) is 2.67. The molecule has 3 rings (SSSR count). The lowest BCUT2D eigenvalue weighted by Crippen LogP contribution is -2.36. The number of hydrogen-bond acceptors (Lipinski definition) is 4. The first-order valence-corrected chi connectivity index (χ1v) is 9.84. The average molecular weight is 448 g/mol. The van der Waals surface area contributed by atoms with Crippen molar-refractivity contribution in [3.05, 3.63) is 64.7 Å². The number of carbonyl (C=O) groups excluding carboxylic acids is 2. The van der Waals surface area contributed by atoms with Crippen LogP contribution in [0, 0.1) is 5.41 Å². The zero-order valence-corrected chi connectivity index (χ0v) is 17.3. The normalized spacial score (nSPS) is 16.2. The fraction of sp³-hybridized carbons (Fsp3) is 0.318. The zero-order valence-electron chi connectivity index (χ0n) is 17.3. The maximum Gasteiger partial charge on any atom is 0.471 e. The lowest BCUT2D eigenvalue weighted by Gasteiger charge is -2.20. The Bertz CT molecular complexity index is 1040. The van der Waals surface area contributed by atoms with E-state index in [1.807, 2.05) is 11.4 Å². The fourth-order valence-corrected chi connectivity index (χ4v) is 3.79. The number of nitrogens with two attached hydrogens (primary N) is 1. The van der Waals surface area contributed by atoms with Crippen LogP contribution < -0.4 is 15.8 Å². The monoisotopic (exact) mass is 448 g/mol. The molecular weight excluding hydrogens is 425 g/mol. The molecule has 4 N–H and O–H groups in total. The number of nitrogens with zero attached hydrogens (tertiary/aromatic N) is 1. The molecule has 1 atom stereocenters. The smallest absolute Gasteiger partial charge is 0.471 e. The largest absolute Gasteiger partial charge is 0.496 e. The molecule has 7 nitrogen and oxygen atoms in total. The molecule has 2 aromatic rings. The van der Waals surface area contributed by atoms with Crippen molar-refractivity contribution in [3.8, 4) is 5.75 Å². The highest BCUT2D eigenvalue weighted by molar-refractivity contribution is 5.95. The Morgan fingerprint density at radius 1 is 1.28 bits per heavy atom. The quantitative estimate of drug-likeness (QED) is 0.447. The van der Waals surface area contributed by atoms with Crippen molar-refractivity contribution in [2.45, 2.75) is 31.6 Å². The van der Waals surface area contributed by atoms with Crippen LogP contribution in [0.3, 0.4) is 0 Å². The molecule has 170 valence electrons. The van der Waals surface area contributed by atoms with Gasteiger partial charge in [-0.1, -0.05) is 36.4 Å². The summed E-state index contributed by atoms with van der Waals surface area (Å²) in [6.07, 6.45) is -4.47. The fourth-order valence-electron chi connectivity index (χ4n) is 3.79. The lowest BCUT2D eigenvalue weighted by atomic mass is 9.94. The number of rotatable bonds is 7. The van der Waals surface area contributed by atoms with E-state index in [0.717, 1.165) is 5.56 Å². The second kappa shape index (κ2) is 9.29. The molecule has 1 aliphatic rings. The molecule has 0 aromatic heterocycles. The van der Waals surface area contributed by atoms with Crippen LogP contribution in [0.5, 0.6) is 5.75 Å². The van der Waals surface area contributed by atoms with Gasteiger partial charge in [-0.05, 0) is 18.1 Å². The second-order valence-corrected chi connectivity index (χ2v) is 7.44. The van der Waals surface area contributed by atoms with Gasteiger partial charge in [0.15, 0.2) is 0 Å². The van der Waals surface area contributed by atoms with Crippen LogP contribution in [0.4, 0.5) is 13.2 Å². The highest BCUT2D eigenvalue weighted by Gasteiger charge is 2.39. The Morgan fingerprint density at radius 3 is 2.66 bits per heavy atom. The van der Waals surface area contributed by atoms with Crippen molar-refractivity contribution in [1.29, 1.82) is 5.41 Å². The predicted molar refractivity (Wildman–Crippen MR) is 111 cm³/mol. The standard InChI is InChI=1S/C22H23F3N4O3/c1-32-18-15(11-28-21(31)22(23,24)25)6-3-7-16(18)17-8-9-29(20(17)30)12-13-4-2-5-14(10-13)19(26)27/h2-7,10,17H,8-9,11-12H2,1H3,(H3,26,27)(H,28,31)/t17-/m0/s1. The average Bonchev–Trinajstić information content (AvgIpc) is 3.10. The number of ether oxygens (including phenoxy) is 1. The molecule has 0 unspecified atom stereocenters. The third-order valence-corrected chi connectivity index (χ3v) is 5.31. The lowest BCUT2D eigenvalue weighted by molar-refractivity contribution is -0.173. The summed E-state index contributed by atoms with van der Waals surface area (Å²) >= 11 is 0. The van der Waals surface area contributed by atoms with Gasteiger partial charge in [0.1, 0.15) is 11.6 Å². The number of halogens is 3. The van der Waals surface area contributed by atoms with E-state index in [1.165, 1.54) is 7.11 Å². The summed E-state index contributed by atoms with van der Waals surface area (Å²) in [5.41, 5.74) is 7.85. The van der Waals surface area contributed by atoms with Gasteiger partial charge in [-0.3, -0.25) is 15.0 Å². The summed E-state index contributed by atoms with van der Waals surface area (Å²) < 4.78 is 42.9. The third kappa shape index (κ3) is 5.01. The van der Waals surface area contributed by atoms with Crippen LogP contribution in [0.1, 0.15) is 34.6 Å². The maximum atomic E-state index is 13.1. The first-order valence-electron chi connectivity index (χ1n) is 9.84. The van der Waals surface area contributed by atoms with Crippen LogP contribution in [0.2, 0.25) is 0 Å². The molecule has 1 aliphatic heterocycles. The molecule has 0 aliphatic carbocycles. The topological polar surface area (TPSA) is 109 Å². The highest BCUT2D eigenvalue weighted by atomic mass is 19.4. The van der Waals surface area contributed by atoms with Crippen LogP contribution in [0.15, 0.2) is 42.5 Å². The molecule has 0 spiro atoms. The maximum absolute atomic E-state index is 13.1. The Balaban J connectivity index is 1.77. The number of alkyl halides is 3. The molecule has 0 bridgehead atoms. The highest BCUT2D eigenvalue weighted by Crippen LogP contribution is 2.37. The number of benzene rings is 2. The Morgan fingerprint density at radius 2 is 2.00 bits per heavy atom. The van der Waals surface area contributed by atoms with E-state index < -0.39 is 18.0 Å². The van der Waals surface area contributed by atoms with Crippen LogP contribution >= 0.6 is 0 Å². The second-order valence-electron chi connectivity index (χ2n) is 7.44. The molecule has 1 heterocycles. The molecule has 1 saturated heterocycles. The summed E-state index contributed by atoms with van der Waals surface area (Å²) in [7, 11) is 1.37. The van der Waals surface area contributed by atoms with Crippen molar-refractivity contribution in [2.75, 3.05) is 13.7 Å². The Kier molecular flexibility index (Phi) is 6.71. The number of amides is 2. The molecule has 2 amide bonds. The number of nitrogens with one attached hydrogen (secondary N) is 2. The minimum Gasteiger partial charge on any atom is -0.496 e. The number of carbonyl (C=O) groups is 2. The van der Waals surface area contributed by atoms with Crippen molar-refractivity contribution in [3.63, 3.8) is 0 Å². The first-order chi connectivity index (χ1) is 15.1. The SMILES string of the molecule is COc1c(CNC(=O)C(F)(F)F)cccc1[C@@H]1CCN(Cc2cccc(C(=N)N)c2)C1=O. The van der Waals surface area contributed by atoms with Crippen molar-refractivity contribution in [1.82, 2.24) is 10.2 Å². The summed E-state index contributed by atoms with van der Waals surface area (Å²) in [5.74, 6) is -2.46. The number of likely N-dealkylation sites (tertiary alicyclic amines) is 1. The van der Waals surface area contributed by atoms with E-state index in [2.05, 4.69) is 0 Å². The van der Waals surface area contributed by atoms with E-state index in [4.69, 9.17) is 15.9 Å². The van der Waals surface area contributed by atoms with Crippen molar-refractivity contribution < 1.29 is 27.5 Å². The molecule has 32 heavy (non-hydrogen) atoms. The van der Waals surface area contributed by atoms with Gasteiger partial charge >= 0.3 is 12.1 Å². The van der Waals surface area contributed by atoms with Crippen molar-refractivity contribution in [2.24, 2.45) is 5.73 Å². The van der Waals surface area contributed by atoms with Gasteiger partial charge in [0.25, 0.3) is 0 Å². The Labute approximate surface area is 182 Å². The number of hydrogen-bond donors (Lipinski definition) is 3. The van der Waals surface area contributed by atoms with E-state index in [1.54, 1.807) is 41.3 Å². The van der Waals surface area contributed by atoms with Gasteiger partial charge in [-0.25, -0.2) is 0 Å². The zero-order chi connectivity index (χ0) is 23.5. The van der Waals surface area contributed by atoms with E-state index in [0.29, 0.717) is 36.2 Å². The molecule has 0 saturated carbocycles. The number of nitrogen functional groups attached to an aromatic ring is 1. The minimum absolute atomic E-state index is 0.0587. The summed E-state index contributed by atoms with van der Waals surface area (Å²) in [4.78, 5) is 25.9. The van der Waals surface area contributed by atoms with Crippen molar-refractivity contribution >= 4 is 17.6 Å². The van der Waals surface area contributed by atoms with Crippen LogP contribution in [0.25, 0.3) is 0 Å². The molecular formula is C22H23F3N4O3. The van der Waals surface area contributed by atoms with Gasteiger partial charge < -0.3 is 20.7 Å². The van der Waals surface area contributed by atoms with Crippen LogP contribution in [-0.2, 0) is 22.7 Å². The van der Waals surface area contributed by atoms with E-state index in [9.17, 15) is 22.8 Å². The van der Waals surface area contributed by atoms with Crippen LogP contribution in [-0.4, -0.2) is 42.4 Å². The third-order valence-electron chi connectivity index (χ3n) is 5.31. The number of amidine groups is 1. The molecule has 10 heteroatoms. The van der Waals surface area contributed by atoms with Gasteiger partial charge in [-0.2, -0.15) is 13.2 Å². The van der Waals surface area contributed by atoms with E-state index in [-0.39, 0.29) is 24.0 Å².